The van der Waals surface area contributed by atoms with Gasteiger partial charge >= 0.3 is 0 Å². The largest absolute Gasteiger partial charge is 0.347 e. The van der Waals surface area contributed by atoms with Crippen LogP contribution in [0.15, 0.2) is 0 Å². The average Bonchev–Trinajstić information content (AvgIpc) is 2.47. The molecule has 2 heterocycles. The zero-order valence-corrected chi connectivity index (χ0v) is 11.8. The Kier molecular flexibility index (Phi) is 2.92. The highest BCUT2D eigenvalue weighted by Crippen LogP contribution is 2.71. The Bertz CT molecular complexity index is 239. The minimum absolute atomic E-state index is 0.227. The van der Waals surface area contributed by atoms with Gasteiger partial charge < -0.3 is 9.47 Å². The summed E-state index contributed by atoms with van der Waals surface area (Å²) >= 11 is 4.85. The van der Waals surface area contributed by atoms with Crippen molar-refractivity contribution >= 4 is 19.4 Å². The Balaban J connectivity index is 2.27. The summed E-state index contributed by atoms with van der Waals surface area (Å²) in [5.41, 5.74) is 0. The van der Waals surface area contributed by atoms with Gasteiger partial charge in [-0.2, -0.15) is 12.2 Å². The molecule has 0 N–H and O–H groups in total. The topological polar surface area (TPSA) is 18.5 Å². The summed E-state index contributed by atoms with van der Waals surface area (Å²) in [4.78, 5) is 0. The quantitative estimate of drug-likeness (QED) is 0.523. The first kappa shape index (κ1) is 12.2. The van der Waals surface area contributed by atoms with E-state index in [4.69, 9.17) is 21.7 Å². The van der Waals surface area contributed by atoms with E-state index in [1.54, 1.807) is 0 Å². The zero-order valence-electron chi connectivity index (χ0n) is 10.0. The maximum atomic E-state index is 5.86. The van der Waals surface area contributed by atoms with E-state index in [9.17, 15) is 0 Å². The van der Waals surface area contributed by atoms with Crippen molar-refractivity contribution in [1.29, 1.82) is 0 Å². The molecule has 2 aliphatic heterocycles. The molecule has 88 valence electrons. The van der Waals surface area contributed by atoms with Gasteiger partial charge in [0.1, 0.15) is 0 Å². The van der Waals surface area contributed by atoms with E-state index < -0.39 is 0 Å². The molecule has 0 aromatic carbocycles. The lowest BCUT2D eigenvalue weighted by Gasteiger charge is -2.53. The number of thiol groups is 1. The van der Waals surface area contributed by atoms with Crippen molar-refractivity contribution in [3.8, 4) is 0 Å². The SMILES string of the molecule is CC1(C)CC2(CC(C)(C)P1S)OCCO2. The van der Waals surface area contributed by atoms with E-state index >= 15 is 0 Å². The molecule has 0 unspecified atom stereocenters. The highest BCUT2D eigenvalue weighted by atomic mass is 32.7. The Morgan fingerprint density at radius 2 is 1.33 bits per heavy atom. The third kappa shape index (κ3) is 2.09. The van der Waals surface area contributed by atoms with E-state index in [-0.39, 0.29) is 23.2 Å². The van der Waals surface area contributed by atoms with Crippen LogP contribution < -0.4 is 0 Å². The Morgan fingerprint density at radius 3 is 1.73 bits per heavy atom. The maximum absolute atomic E-state index is 5.86. The molecular weight excluding hydrogens is 227 g/mol. The molecule has 0 bridgehead atoms. The third-order valence-electron chi connectivity index (χ3n) is 3.36. The standard InChI is InChI=1S/C11H21O2PS/c1-9(2)7-11(12-5-6-13-11)8-10(3,4)14(9)15/h15H,5-8H2,1-4H3. The fourth-order valence-corrected chi connectivity index (χ4v) is 5.90. The minimum atomic E-state index is -0.311. The van der Waals surface area contributed by atoms with Gasteiger partial charge in [-0.1, -0.05) is 27.7 Å². The molecule has 2 aliphatic rings. The summed E-state index contributed by atoms with van der Waals surface area (Å²) in [5, 5.41) is 0.453. The van der Waals surface area contributed by atoms with Gasteiger partial charge in [-0.25, -0.2) is 0 Å². The fourth-order valence-electron chi connectivity index (χ4n) is 3.05. The van der Waals surface area contributed by atoms with Gasteiger partial charge in [0.05, 0.1) is 13.2 Å². The molecule has 0 aliphatic carbocycles. The number of hydrogen-bond acceptors (Lipinski definition) is 3. The lowest BCUT2D eigenvalue weighted by atomic mass is 9.92. The first-order valence-corrected chi connectivity index (χ1v) is 8.04. The predicted octanol–water partition coefficient (Wildman–Crippen LogP) is 3.41. The summed E-state index contributed by atoms with van der Waals surface area (Å²) in [7, 11) is -0.286. The van der Waals surface area contributed by atoms with Crippen LogP contribution >= 0.6 is 19.4 Å². The molecule has 0 aromatic rings. The lowest BCUT2D eigenvalue weighted by molar-refractivity contribution is -0.178. The Hall–Kier alpha value is 0.700. The monoisotopic (exact) mass is 248 g/mol. The summed E-state index contributed by atoms with van der Waals surface area (Å²) in [5.74, 6) is -0.311. The van der Waals surface area contributed by atoms with E-state index in [1.807, 2.05) is 0 Å². The van der Waals surface area contributed by atoms with E-state index in [2.05, 4.69) is 27.7 Å². The summed E-state index contributed by atoms with van der Waals surface area (Å²) < 4.78 is 11.7. The molecule has 0 aromatic heterocycles. The van der Waals surface area contributed by atoms with Crippen molar-refractivity contribution in [2.45, 2.75) is 56.6 Å². The molecule has 4 heteroatoms. The molecule has 2 fully saturated rings. The Labute approximate surface area is 99.0 Å². The minimum Gasteiger partial charge on any atom is -0.347 e. The molecule has 1 spiro atoms. The molecule has 2 rings (SSSR count). The second kappa shape index (κ2) is 3.60. The first-order valence-electron chi connectivity index (χ1n) is 5.55. The molecule has 2 saturated heterocycles. The van der Waals surface area contributed by atoms with Crippen LogP contribution in [0.3, 0.4) is 0 Å². The third-order valence-corrected chi connectivity index (χ3v) is 9.22. The van der Waals surface area contributed by atoms with Crippen molar-refractivity contribution in [3.63, 3.8) is 0 Å². The summed E-state index contributed by atoms with van der Waals surface area (Å²) in [6.07, 6.45) is 1.97. The van der Waals surface area contributed by atoms with Crippen molar-refractivity contribution in [3.05, 3.63) is 0 Å². The summed E-state index contributed by atoms with van der Waals surface area (Å²) in [6, 6.07) is 0. The second-order valence-corrected chi connectivity index (χ2v) is 10.1. The smallest absolute Gasteiger partial charge is 0.170 e. The summed E-state index contributed by atoms with van der Waals surface area (Å²) in [6.45, 7) is 10.7. The molecule has 0 saturated carbocycles. The van der Waals surface area contributed by atoms with Gasteiger partial charge in [0.25, 0.3) is 0 Å². The molecule has 0 amide bonds. The van der Waals surface area contributed by atoms with Crippen LogP contribution in [0.2, 0.25) is 0 Å². The van der Waals surface area contributed by atoms with Gasteiger partial charge in [0, 0.05) is 12.8 Å². The normalized spacial score (nSPS) is 33.4. The van der Waals surface area contributed by atoms with Crippen LogP contribution in [0.25, 0.3) is 0 Å². The zero-order chi connectivity index (χ0) is 11.3. The van der Waals surface area contributed by atoms with Gasteiger partial charge in [-0.05, 0) is 17.4 Å². The van der Waals surface area contributed by atoms with Crippen LogP contribution in [-0.2, 0) is 9.47 Å². The number of rotatable bonds is 0. The van der Waals surface area contributed by atoms with E-state index in [1.165, 1.54) is 0 Å². The van der Waals surface area contributed by atoms with Crippen molar-refractivity contribution in [1.82, 2.24) is 0 Å². The highest BCUT2D eigenvalue weighted by molar-refractivity contribution is 8.46. The molecule has 2 nitrogen and oxygen atoms in total. The molecule has 0 atom stereocenters. The highest BCUT2D eigenvalue weighted by Gasteiger charge is 2.55. The van der Waals surface area contributed by atoms with Crippen LogP contribution in [0.1, 0.15) is 40.5 Å². The van der Waals surface area contributed by atoms with Crippen molar-refractivity contribution in [2.24, 2.45) is 0 Å². The van der Waals surface area contributed by atoms with Gasteiger partial charge in [0.15, 0.2) is 5.79 Å². The maximum Gasteiger partial charge on any atom is 0.170 e. The van der Waals surface area contributed by atoms with E-state index in [0.29, 0.717) is 0 Å². The number of hydrogen-bond donors (Lipinski definition) is 1. The first-order chi connectivity index (χ1) is 6.78. The van der Waals surface area contributed by atoms with E-state index in [0.717, 1.165) is 26.1 Å². The fraction of sp³-hybridized carbons (Fsp3) is 1.00. The van der Waals surface area contributed by atoms with Gasteiger partial charge in [-0.15, -0.1) is 0 Å². The van der Waals surface area contributed by atoms with Crippen LogP contribution in [0.4, 0.5) is 0 Å². The van der Waals surface area contributed by atoms with Gasteiger partial charge in [-0.3, -0.25) is 0 Å². The van der Waals surface area contributed by atoms with Crippen LogP contribution in [-0.4, -0.2) is 29.3 Å². The van der Waals surface area contributed by atoms with Crippen LogP contribution in [0.5, 0.6) is 0 Å². The van der Waals surface area contributed by atoms with Gasteiger partial charge in [0.2, 0.25) is 0 Å². The Morgan fingerprint density at radius 1 is 0.933 bits per heavy atom. The predicted molar refractivity (Wildman–Crippen MR) is 67.9 cm³/mol. The van der Waals surface area contributed by atoms with Crippen LogP contribution in [0, 0.1) is 0 Å². The lowest BCUT2D eigenvalue weighted by Crippen LogP contribution is -2.49. The molecule has 15 heavy (non-hydrogen) atoms. The second-order valence-electron chi connectivity index (χ2n) is 5.90. The molecular formula is C11H21O2PS. The van der Waals surface area contributed by atoms with Crippen molar-refractivity contribution in [2.75, 3.05) is 13.2 Å². The number of ether oxygens (including phenoxy) is 2. The van der Waals surface area contributed by atoms with Crippen molar-refractivity contribution < 1.29 is 9.47 Å². The molecule has 0 radical (unpaired) electrons. The average molecular weight is 248 g/mol.